The third kappa shape index (κ3) is 3.94. The molecule has 0 aliphatic carbocycles. The molecular weight excluding hydrogens is 344 g/mol. The molecule has 3 amide bonds. The maximum Gasteiger partial charge on any atom is 0.321 e. The zero-order valence-corrected chi connectivity index (χ0v) is 14.3. The number of carbonyl (C=O) groups is 2. The minimum absolute atomic E-state index is 0.161. The first kappa shape index (κ1) is 16.9. The molecule has 0 saturated heterocycles. The summed E-state index contributed by atoms with van der Waals surface area (Å²) >= 11 is 1.46. The molecule has 8 nitrogen and oxygen atoms in total. The number of amides is 3. The van der Waals surface area contributed by atoms with Crippen LogP contribution in [0.2, 0.25) is 0 Å². The average Bonchev–Trinajstić information content (AvgIpc) is 3.24. The molecule has 0 aliphatic rings. The molecule has 0 atom stereocenters. The standard InChI is InChI=1S/C16H16N4O4S/c1-2-11-6-12-14(25-11)18-9-20(15(12)22)8-13(21)19-16(23)17-7-10-4-3-5-24-10/h3-6,9H,2,7-8H2,1H3,(H2,17,19,21,23). The van der Waals surface area contributed by atoms with Crippen LogP contribution in [0.15, 0.2) is 40.0 Å². The van der Waals surface area contributed by atoms with E-state index in [1.165, 1.54) is 28.5 Å². The van der Waals surface area contributed by atoms with Crippen LogP contribution in [0.1, 0.15) is 17.6 Å². The van der Waals surface area contributed by atoms with E-state index in [-0.39, 0.29) is 18.6 Å². The fourth-order valence-electron chi connectivity index (χ4n) is 2.24. The summed E-state index contributed by atoms with van der Waals surface area (Å²) < 4.78 is 6.26. The molecule has 3 rings (SSSR count). The number of urea groups is 1. The lowest BCUT2D eigenvalue weighted by atomic mass is 10.3. The molecule has 9 heteroatoms. The Kier molecular flexibility index (Phi) is 4.94. The lowest BCUT2D eigenvalue weighted by Crippen LogP contribution is -2.41. The minimum Gasteiger partial charge on any atom is -0.467 e. The van der Waals surface area contributed by atoms with Crippen molar-refractivity contribution in [2.45, 2.75) is 26.4 Å². The van der Waals surface area contributed by atoms with Crippen LogP contribution in [0.4, 0.5) is 4.79 Å². The number of imide groups is 1. The molecule has 0 fully saturated rings. The van der Waals surface area contributed by atoms with Gasteiger partial charge in [0, 0.05) is 4.88 Å². The maximum atomic E-state index is 12.4. The van der Waals surface area contributed by atoms with Crippen molar-refractivity contribution in [1.29, 1.82) is 0 Å². The highest BCUT2D eigenvalue weighted by Gasteiger charge is 2.13. The van der Waals surface area contributed by atoms with Gasteiger partial charge in [-0.2, -0.15) is 0 Å². The number of fused-ring (bicyclic) bond motifs is 1. The Morgan fingerprint density at radius 3 is 2.96 bits per heavy atom. The molecule has 3 aromatic rings. The van der Waals surface area contributed by atoms with E-state index < -0.39 is 11.9 Å². The summed E-state index contributed by atoms with van der Waals surface area (Å²) in [5, 5.41) is 5.14. The highest BCUT2D eigenvalue weighted by atomic mass is 32.1. The summed E-state index contributed by atoms with van der Waals surface area (Å²) in [5.74, 6) is -0.0382. The van der Waals surface area contributed by atoms with Gasteiger partial charge in [-0.3, -0.25) is 19.5 Å². The van der Waals surface area contributed by atoms with Gasteiger partial charge in [-0.15, -0.1) is 11.3 Å². The molecular formula is C16H16N4O4S. The second-order valence-electron chi connectivity index (χ2n) is 5.27. The molecule has 0 saturated carbocycles. The predicted molar refractivity (Wildman–Crippen MR) is 92.3 cm³/mol. The first-order valence-electron chi connectivity index (χ1n) is 7.64. The number of rotatable bonds is 5. The number of carbonyl (C=O) groups excluding carboxylic acids is 2. The SMILES string of the molecule is CCc1cc2c(=O)n(CC(=O)NC(=O)NCc3ccco3)cnc2s1. The van der Waals surface area contributed by atoms with Crippen molar-refractivity contribution in [3.63, 3.8) is 0 Å². The molecule has 3 heterocycles. The monoisotopic (exact) mass is 360 g/mol. The summed E-state index contributed by atoms with van der Waals surface area (Å²) in [6.07, 6.45) is 3.63. The zero-order chi connectivity index (χ0) is 17.8. The van der Waals surface area contributed by atoms with Crippen molar-refractivity contribution in [3.05, 3.63) is 51.8 Å². The Morgan fingerprint density at radius 2 is 2.24 bits per heavy atom. The van der Waals surface area contributed by atoms with E-state index in [1.807, 2.05) is 6.92 Å². The van der Waals surface area contributed by atoms with Crippen molar-refractivity contribution in [1.82, 2.24) is 20.2 Å². The molecule has 0 radical (unpaired) electrons. The van der Waals surface area contributed by atoms with Gasteiger partial charge in [0.2, 0.25) is 5.91 Å². The maximum absolute atomic E-state index is 12.4. The number of nitrogens with zero attached hydrogens (tertiary/aromatic N) is 2. The van der Waals surface area contributed by atoms with E-state index in [0.29, 0.717) is 16.0 Å². The van der Waals surface area contributed by atoms with Gasteiger partial charge in [-0.25, -0.2) is 9.78 Å². The molecule has 25 heavy (non-hydrogen) atoms. The molecule has 130 valence electrons. The predicted octanol–water partition coefficient (Wildman–Crippen LogP) is 1.64. The van der Waals surface area contributed by atoms with Crippen LogP contribution in [0, 0.1) is 0 Å². The highest BCUT2D eigenvalue weighted by Crippen LogP contribution is 2.20. The van der Waals surface area contributed by atoms with E-state index >= 15 is 0 Å². The summed E-state index contributed by atoms with van der Waals surface area (Å²) in [5.41, 5.74) is -0.299. The van der Waals surface area contributed by atoms with Gasteiger partial charge in [0.05, 0.1) is 24.5 Å². The van der Waals surface area contributed by atoms with Crippen LogP contribution < -0.4 is 16.2 Å². The molecule has 0 unspecified atom stereocenters. The van der Waals surface area contributed by atoms with Crippen LogP contribution >= 0.6 is 11.3 Å². The van der Waals surface area contributed by atoms with Crippen LogP contribution in [0.5, 0.6) is 0 Å². The first-order valence-corrected chi connectivity index (χ1v) is 8.46. The number of furan rings is 1. The van der Waals surface area contributed by atoms with E-state index in [0.717, 1.165) is 11.3 Å². The summed E-state index contributed by atoms with van der Waals surface area (Å²) in [7, 11) is 0. The fraction of sp³-hybridized carbons (Fsp3) is 0.250. The normalized spacial score (nSPS) is 10.8. The Morgan fingerprint density at radius 1 is 1.40 bits per heavy atom. The number of thiophene rings is 1. The number of nitrogens with one attached hydrogen (secondary N) is 2. The first-order chi connectivity index (χ1) is 12.1. The van der Waals surface area contributed by atoms with Crippen LogP contribution in [-0.2, 0) is 24.3 Å². The summed E-state index contributed by atoms with van der Waals surface area (Å²) in [4.78, 5) is 41.9. The topological polar surface area (TPSA) is 106 Å². The Labute approximate surface area is 146 Å². The third-order valence-electron chi connectivity index (χ3n) is 3.49. The van der Waals surface area contributed by atoms with E-state index in [2.05, 4.69) is 15.6 Å². The van der Waals surface area contributed by atoms with Crippen LogP contribution in [0.25, 0.3) is 10.2 Å². The summed E-state index contributed by atoms with van der Waals surface area (Å²) in [6.45, 7) is 1.87. The van der Waals surface area contributed by atoms with Gasteiger partial charge < -0.3 is 9.73 Å². The van der Waals surface area contributed by atoms with Crippen molar-refractivity contribution in [2.24, 2.45) is 0 Å². The highest BCUT2D eigenvalue weighted by molar-refractivity contribution is 7.18. The summed E-state index contributed by atoms with van der Waals surface area (Å²) in [6, 6.07) is 4.53. The van der Waals surface area contributed by atoms with Gasteiger partial charge >= 0.3 is 6.03 Å². The van der Waals surface area contributed by atoms with E-state index in [9.17, 15) is 14.4 Å². The number of hydrogen-bond donors (Lipinski definition) is 2. The second-order valence-corrected chi connectivity index (χ2v) is 6.39. The molecule has 0 aromatic carbocycles. The number of aromatic nitrogens is 2. The van der Waals surface area contributed by atoms with Gasteiger partial charge in [-0.1, -0.05) is 6.92 Å². The van der Waals surface area contributed by atoms with E-state index in [1.54, 1.807) is 18.2 Å². The average molecular weight is 360 g/mol. The molecule has 0 bridgehead atoms. The van der Waals surface area contributed by atoms with Crippen molar-refractivity contribution < 1.29 is 14.0 Å². The smallest absolute Gasteiger partial charge is 0.321 e. The number of aryl methyl sites for hydroxylation is 1. The minimum atomic E-state index is -0.660. The molecule has 3 aromatic heterocycles. The molecule has 0 aliphatic heterocycles. The third-order valence-corrected chi connectivity index (χ3v) is 4.68. The van der Waals surface area contributed by atoms with Crippen LogP contribution in [-0.4, -0.2) is 21.5 Å². The lowest BCUT2D eigenvalue weighted by Gasteiger charge is -2.07. The largest absolute Gasteiger partial charge is 0.467 e. The van der Waals surface area contributed by atoms with Gasteiger partial charge in [-0.05, 0) is 24.6 Å². The van der Waals surface area contributed by atoms with Crippen LogP contribution in [0.3, 0.4) is 0 Å². The van der Waals surface area contributed by atoms with Crippen molar-refractivity contribution in [3.8, 4) is 0 Å². The Balaban J connectivity index is 1.62. The van der Waals surface area contributed by atoms with Crippen molar-refractivity contribution >= 4 is 33.5 Å². The lowest BCUT2D eigenvalue weighted by molar-refractivity contribution is -0.120. The van der Waals surface area contributed by atoms with Gasteiger partial charge in [0.25, 0.3) is 5.56 Å². The fourth-order valence-corrected chi connectivity index (χ4v) is 3.17. The van der Waals surface area contributed by atoms with E-state index in [4.69, 9.17) is 4.42 Å². The second kappa shape index (κ2) is 7.31. The Hall–Kier alpha value is -2.94. The molecule has 2 N–H and O–H groups in total. The van der Waals surface area contributed by atoms with Crippen molar-refractivity contribution in [2.75, 3.05) is 0 Å². The number of hydrogen-bond acceptors (Lipinski definition) is 6. The quantitative estimate of drug-likeness (QED) is 0.719. The van der Waals surface area contributed by atoms with Gasteiger partial charge in [0.15, 0.2) is 0 Å². The zero-order valence-electron chi connectivity index (χ0n) is 13.4. The molecule has 0 spiro atoms. The Bertz CT molecular complexity index is 958. The van der Waals surface area contributed by atoms with Gasteiger partial charge in [0.1, 0.15) is 17.1 Å².